The molecule has 0 amide bonds. The van der Waals surface area contributed by atoms with Crippen LogP contribution in [0.15, 0.2) is 5.11 Å². The van der Waals surface area contributed by atoms with E-state index in [4.69, 9.17) is 5.53 Å². The van der Waals surface area contributed by atoms with Crippen LogP contribution in [0.3, 0.4) is 0 Å². The average Bonchev–Trinajstić information content (AvgIpc) is 2.92. The molecule has 0 aromatic carbocycles. The Bertz CT molecular complexity index is 539. The molecular weight excluding hydrogens is 294 g/mol. The van der Waals surface area contributed by atoms with E-state index >= 15 is 0 Å². The summed E-state index contributed by atoms with van der Waals surface area (Å²) < 4.78 is 0. The van der Waals surface area contributed by atoms with Gasteiger partial charge in [0, 0.05) is 11.0 Å². The van der Waals surface area contributed by atoms with Gasteiger partial charge < -0.3 is 0 Å². The summed E-state index contributed by atoms with van der Waals surface area (Å²) in [5.41, 5.74) is 9.97. The van der Waals surface area contributed by atoms with Crippen molar-refractivity contribution in [2.45, 2.75) is 91.0 Å². The van der Waals surface area contributed by atoms with Crippen LogP contribution < -0.4 is 0 Å². The second-order valence-electron chi connectivity index (χ2n) is 10.0. The van der Waals surface area contributed by atoms with Gasteiger partial charge in [-0.15, -0.1) is 0 Å². The van der Waals surface area contributed by atoms with Gasteiger partial charge in [-0.2, -0.15) is 0 Å². The molecule has 0 N–H and O–H groups in total. The summed E-state index contributed by atoms with van der Waals surface area (Å²) in [6.07, 6.45) is 13.7. The summed E-state index contributed by atoms with van der Waals surface area (Å²) in [6, 6.07) is 0.273. The number of hydrogen-bond donors (Lipinski definition) is 0. The molecule has 0 spiro atoms. The molecule has 0 heterocycles. The summed E-state index contributed by atoms with van der Waals surface area (Å²) in [7, 11) is 0. The predicted octanol–water partition coefficient (Wildman–Crippen LogP) is 6.73. The van der Waals surface area contributed by atoms with Gasteiger partial charge >= 0.3 is 0 Å². The lowest BCUT2D eigenvalue weighted by Crippen LogP contribution is -2.53. The molecule has 0 saturated heterocycles. The monoisotopic (exact) mass is 329 g/mol. The van der Waals surface area contributed by atoms with E-state index in [0.717, 1.165) is 42.4 Å². The molecule has 2 unspecified atom stereocenters. The third kappa shape index (κ3) is 2.26. The van der Waals surface area contributed by atoms with E-state index in [1.807, 2.05) is 0 Å². The van der Waals surface area contributed by atoms with Gasteiger partial charge in [0.25, 0.3) is 0 Å². The molecule has 3 nitrogen and oxygen atoms in total. The lowest BCUT2D eigenvalue weighted by molar-refractivity contribution is -0.113. The highest BCUT2D eigenvalue weighted by atomic mass is 15.1. The molecule has 134 valence electrons. The standard InChI is InChI=1S/C21H35N3/c1-4-14-6-8-18-17-7-5-15-13-16(23-24-22)9-11-21(15,3)19(17)10-12-20(14,18)2/h14-19H,4-13H2,1-3H3/t14-,15?,16?,17-,18-,19-,20+,21-/m0/s1. The number of hydrogen-bond acceptors (Lipinski definition) is 1. The van der Waals surface area contributed by atoms with E-state index in [1.165, 1.54) is 51.4 Å². The van der Waals surface area contributed by atoms with E-state index in [-0.39, 0.29) is 6.04 Å². The average molecular weight is 330 g/mol. The van der Waals surface area contributed by atoms with Crippen molar-refractivity contribution < 1.29 is 0 Å². The zero-order valence-electron chi connectivity index (χ0n) is 15.9. The topological polar surface area (TPSA) is 48.8 Å². The molecule has 4 rings (SSSR count). The smallest absolute Gasteiger partial charge is 0.0377 e. The lowest BCUT2D eigenvalue weighted by Gasteiger charge is -2.61. The molecule has 0 aliphatic heterocycles. The third-order valence-corrected chi connectivity index (χ3v) is 9.54. The lowest BCUT2D eigenvalue weighted by atomic mass is 9.44. The zero-order valence-corrected chi connectivity index (χ0v) is 15.9. The van der Waals surface area contributed by atoms with Gasteiger partial charge in [-0.05, 0) is 104 Å². The Kier molecular flexibility index (Phi) is 4.15. The fourth-order valence-electron chi connectivity index (χ4n) is 8.19. The molecule has 4 fully saturated rings. The van der Waals surface area contributed by atoms with Gasteiger partial charge in [-0.25, -0.2) is 0 Å². The summed E-state index contributed by atoms with van der Waals surface area (Å²) in [6.45, 7) is 7.66. The van der Waals surface area contributed by atoms with Gasteiger partial charge in [-0.3, -0.25) is 0 Å². The summed E-state index contributed by atoms with van der Waals surface area (Å²) in [5, 5.41) is 4.08. The van der Waals surface area contributed by atoms with Gasteiger partial charge in [0.15, 0.2) is 0 Å². The van der Waals surface area contributed by atoms with Crippen LogP contribution in [0, 0.1) is 40.4 Å². The minimum absolute atomic E-state index is 0.273. The minimum atomic E-state index is 0.273. The van der Waals surface area contributed by atoms with Crippen LogP contribution >= 0.6 is 0 Å². The number of rotatable bonds is 2. The Balaban J connectivity index is 1.57. The molecule has 0 bridgehead atoms. The Morgan fingerprint density at radius 1 is 0.958 bits per heavy atom. The van der Waals surface area contributed by atoms with Crippen molar-refractivity contribution in [2.24, 2.45) is 45.5 Å². The van der Waals surface area contributed by atoms with Crippen molar-refractivity contribution in [1.82, 2.24) is 0 Å². The van der Waals surface area contributed by atoms with Crippen molar-refractivity contribution in [3.05, 3.63) is 10.4 Å². The van der Waals surface area contributed by atoms with E-state index in [2.05, 4.69) is 30.8 Å². The maximum Gasteiger partial charge on any atom is 0.0377 e. The fraction of sp³-hybridized carbons (Fsp3) is 1.00. The Labute approximate surface area is 147 Å². The Morgan fingerprint density at radius 2 is 1.71 bits per heavy atom. The van der Waals surface area contributed by atoms with Crippen molar-refractivity contribution in [2.75, 3.05) is 0 Å². The van der Waals surface area contributed by atoms with Gasteiger partial charge in [0.2, 0.25) is 0 Å². The van der Waals surface area contributed by atoms with E-state index in [1.54, 1.807) is 0 Å². The Hall–Kier alpha value is -0.690. The SMILES string of the molecule is CC[C@H]1CC[C@H]2[C@@H]3CCC4CC(N=[N+]=[N-])CC[C@]4(C)[C@H]3CC[C@]12C. The van der Waals surface area contributed by atoms with Gasteiger partial charge in [-0.1, -0.05) is 32.3 Å². The van der Waals surface area contributed by atoms with Crippen LogP contribution in [0.5, 0.6) is 0 Å². The summed E-state index contributed by atoms with van der Waals surface area (Å²) >= 11 is 0. The van der Waals surface area contributed by atoms with Crippen molar-refractivity contribution in [1.29, 1.82) is 0 Å². The quantitative estimate of drug-likeness (QED) is 0.306. The van der Waals surface area contributed by atoms with E-state index in [9.17, 15) is 0 Å². The van der Waals surface area contributed by atoms with Gasteiger partial charge in [0.1, 0.15) is 0 Å². The highest BCUT2D eigenvalue weighted by molar-refractivity contribution is 5.09. The van der Waals surface area contributed by atoms with Crippen molar-refractivity contribution in [3.8, 4) is 0 Å². The van der Waals surface area contributed by atoms with Crippen molar-refractivity contribution in [3.63, 3.8) is 0 Å². The maximum atomic E-state index is 8.80. The molecule has 0 aromatic rings. The molecule has 24 heavy (non-hydrogen) atoms. The largest absolute Gasteiger partial charge is 0.0906 e. The molecule has 4 aliphatic carbocycles. The van der Waals surface area contributed by atoms with Crippen molar-refractivity contribution >= 4 is 0 Å². The molecule has 0 radical (unpaired) electrons. The number of fused-ring (bicyclic) bond motifs is 5. The second-order valence-corrected chi connectivity index (χ2v) is 10.0. The van der Waals surface area contributed by atoms with Crippen LogP contribution in [0.25, 0.3) is 10.4 Å². The summed E-state index contributed by atoms with van der Waals surface area (Å²) in [5.74, 6) is 4.70. The number of azide groups is 1. The third-order valence-electron chi connectivity index (χ3n) is 9.54. The maximum absolute atomic E-state index is 8.80. The van der Waals surface area contributed by atoms with Crippen LogP contribution in [0.4, 0.5) is 0 Å². The highest BCUT2D eigenvalue weighted by Crippen LogP contribution is 2.67. The molecular formula is C21H35N3. The predicted molar refractivity (Wildman–Crippen MR) is 98.4 cm³/mol. The van der Waals surface area contributed by atoms with Crippen LogP contribution in [0.1, 0.15) is 85.0 Å². The summed E-state index contributed by atoms with van der Waals surface area (Å²) in [4.78, 5) is 3.10. The van der Waals surface area contributed by atoms with Crippen LogP contribution in [-0.2, 0) is 0 Å². The normalized spacial score (nSPS) is 53.5. The first-order valence-electron chi connectivity index (χ1n) is 10.6. The number of nitrogens with zero attached hydrogens (tertiary/aromatic N) is 3. The molecule has 0 aromatic heterocycles. The first kappa shape index (κ1) is 16.8. The highest BCUT2D eigenvalue weighted by Gasteiger charge is 2.59. The molecule has 4 aliphatic rings. The zero-order chi connectivity index (χ0) is 16.9. The Morgan fingerprint density at radius 3 is 2.46 bits per heavy atom. The first-order valence-corrected chi connectivity index (χ1v) is 10.6. The van der Waals surface area contributed by atoms with E-state index < -0.39 is 0 Å². The van der Waals surface area contributed by atoms with Crippen LogP contribution in [0.2, 0.25) is 0 Å². The van der Waals surface area contributed by atoms with E-state index in [0.29, 0.717) is 10.8 Å². The second kappa shape index (κ2) is 5.94. The molecule has 8 atom stereocenters. The molecule has 3 heteroatoms. The van der Waals surface area contributed by atoms with Gasteiger partial charge in [0.05, 0.1) is 0 Å². The first-order chi connectivity index (χ1) is 11.5. The van der Waals surface area contributed by atoms with Crippen LogP contribution in [-0.4, -0.2) is 6.04 Å². The minimum Gasteiger partial charge on any atom is -0.0906 e. The molecule has 4 saturated carbocycles. The fourth-order valence-corrected chi connectivity index (χ4v) is 8.19.